The number of quaternary nitrogens is 1. The summed E-state index contributed by atoms with van der Waals surface area (Å²) in [6, 6.07) is 8.25. The second kappa shape index (κ2) is 6.62. The summed E-state index contributed by atoms with van der Waals surface area (Å²) in [5.41, 5.74) is 1.50. The first-order chi connectivity index (χ1) is 11.8. The fraction of sp³-hybridized carbons (Fsp3) is 0.294. The molecule has 0 spiro atoms. The Kier molecular flexibility index (Phi) is 4.18. The number of aromatic nitrogens is 3. The van der Waals surface area contributed by atoms with Crippen LogP contribution in [0.3, 0.4) is 0 Å². The first kappa shape index (κ1) is 15.2. The van der Waals surface area contributed by atoms with Crippen LogP contribution in [0.15, 0.2) is 42.9 Å². The number of benzene rings is 1. The summed E-state index contributed by atoms with van der Waals surface area (Å²) in [4.78, 5) is 28.5. The predicted octanol–water partition coefficient (Wildman–Crippen LogP) is 0.627. The Morgan fingerprint density at radius 3 is 2.79 bits per heavy atom. The number of nitrogens with one attached hydrogen (secondary N) is 1. The zero-order valence-electron chi connectivity index (χ0n) is 13.2. The Labute approximate surface area is 143 Å². The Morgan fingerprint density at radius 1 is 1.21 bits per heavy atom. The summed E-state index contributed by atoms with van der Waals surface area (Å²) >= 11 is 1.76. The van der Waals surface area contributed by atoms with Crippen LogP contribution in [0.5, 0.6) is 0 Å². The molecule has 0 unspecified atom stereocenters. The number of piperazine rings is 1. The maximum absolute atomic E-state index is 12.4. The molecular weight excluding hydrogens is 322 g/mol. The van der Waals surface area contributed by atoms with Gasteiger partial charge < -0.3 is 9.80 Å². The molecule has 4 rings (SSSR count). The smallest absolute Gasteiger partial charge is 0.274 e. The monoisotopic (exact) mass is 340 g/mol. The molecule has 1 fully saturated rings. The molecule has 0 radical (unpaired) electrons. The van der Waals surface area contributed by atoms with Gasteiger partial charge in [-0.2, -0.15) is 0 Å². The minimum Gasteiger partial charge on any atom is -0.326 e. The molecule has 0 bridgehead atoms. The van der Waals surface area contributed by atoms with E-state index in [-0.39, 0.29) is 5.91 Å². The van der Waals surface area contributed by atoms with Crippen molar-refractivity contribution < 1.29 is 9.69 Å². The lowest BCUT2D eigenvalue weighted by molar-refractivity contribution is -0.917. The molecule has 1 N–H and O–H groups in total. The van der Waals surface area contributed by atoms with E-state index in [1.54, 1.807) is 23.7 Å². The Morgan fingerprint density at radius 2 is 2.04 bits per heavy atom. The van der Waals surface area contributed by atoms with Crippen molar-refractivity contribution in [3.05, 3.63) is 53.6 Å². The first-order valence-corrected chi connectivity index (χ1v) is 8.84. The van der Waals surface area contributed by atoms with Crippen LogP contribution in [0.2, 0.25) is 0 Å². The number of para-hydroxylation sites is 1. The van der Waals surface area contributed by atoms with E-state index in [4.69, 9.17) is 4.98 Å². The molecule has 3 aromatic rings. The molecule has 6 nitrogen and oxygen atoms in total. The van der Waals surface area contributed by atoms with E-state index < -0.39 is 0 Å². The van der Waals surface area contributed by atoms with Crippen LogP contribution in [0.4, 0.5) is 0 Å². The number of rotatable bonds is 3. The molecule has 1 amide bonds. The quantitative estimate of drug-likeness (QED) is 0.760. The van der Waals surface area contributed by atoms with E-state index in [9.17, 15) is 4.79 Å². The molecule has 0 atom stereocenters. The van der Waals surface area contributed by atoms with Crippen molar-refractivity contribution in [1.29, 1.82) is 0 Å². The molecular formula is C17H18N5OS+. The van der Waals surface area contributed by atoms with Gasteiger partial charge in [0.25, 0.3) is 5.91 Å². The second-order valence-electron chi connectivity index (χ2n) is 5.88. The van der Waals surface area contributed by atoms with Gasteiger partial charge in [-0.1, -0.05) is 12.1 Å². The van der Waals surface area contributed by atoms with Crippen LogP contribution in [-0.2, 0) is 6.54 Å². The standard InChI is InChI=1S/C17H17N5OS/c23-17(14-11-18-5-6-19-14)22-9-7-21(8-10-22)12-16-20-13-3-1-2-4-15(13)24-16/h1-6,11H,7-10,12H2/p+1. The van der Waals surface area contributed by atoms with E-state index in [0.717, 1.165) is 38.2 Å². The van der Waals surface area contributed by atoms with Gasteiger partial charge in [0.2, 0.25) is 0 Å². The lowest BCUT2D eigenvalue weighted by atomic mass is 10.3. The molecule has 7 heteroatoms. The molecule has 3 heterocycles. The van der Waals surface area contributed by atoms with Gasteiger partial charge in [-0.15, -0.1) is 11.3 Å². The number of hydrogen-bond acceptors (Lipinski definition) is 5. The normalized spacial score (nSPS) is 15.8. The van der Waals surface area contributed by atoms with E-state index in [1.165, 1.54) is 20.8 Å². The number of nitrogens with zero attached hydrogens (tertiary/aromatic N) is 4. The number of carbonyl (C=O) groups is 1. The van der Waals surface area contributed by atoms with E-state index in [0.29, 0.717) is 5.69 Å². The number of fused-ring (bicyclic) bond motifs is 1. The highest BCUT2D eigenvalue weighted by molar-refractivity contribution is 7.18. The number of amides is 1. The second-order valence-corrected chi connectivity index (χ2v) is 7.00. The lowest BCUT2D eigenvalue weighted by Gasteiger charge is -2.31. The molecule has 0 aliphatic carbocycles. The van der Waals surface area contributed by atoms with Crippen LogP contribution < -0.4 is 4.90 Å². The topological polar surface area (TPSA) is 63.4 Å². The molecule has 1 aliphatic rings. The summed E-state index contributed by atoms with van der Waals surface area (Å²) in [6.45, 7) is 4.28. The third kappa shape index (κ3) is 3.13. The summed E-state index contributed by atoms with van der Waals surface area (Å²) in [7, 11) is 0. The van der Waals surface area contributed by atoms with Crippen molar-refractivity contribution in [3.63, 3.8) is 0 Å². The molecule has 2 aromatic heterocycles. The average Bonchev–Trinajstić information content (AvgIpc) is 3.05. The molecule has 1 aromatic carbocycles. The van der Waals surface area contributed by atoms with E-state index in [2.05, 4.69) is 22.1 Å². The van der Waals surface area contributed by atoms with E-state index in [1.807, 2.05) is 17.0 Å². The minimum atomic E-state index is -0.0258. The van der Waals surface area contributed by atoms with Crippen molar-refractivity contribution in [1.82, 2.24) is 19.9 Å². The molecule has 1 saturated heterocycles. The summed E-state index contributed by atoms with van der Waals surface area (Å²) in [5.74, 6) is -0.0258. The zero-order chi connectivity index (χ0) is 16.4. The highest BCUT2D eigenvalue weighted by Gasteiger charge is 2.26. The predicted molar refractivity (Wildman–Crippen MR) is 92.0 cm³/mol. The minimum absolute atomic E-state index is 0.0258. The number of thiazole rings is 1. The van der Waals surface area contributed by atoms with Gasteiger partial charge in [-0.3, -0.25) is 9.78 Å². The summed E-state index contributed by atoms with van der Waals surface area (Å²) in [5, 5.41) is 1.17. The van der Waals surface area contributed by atoms with Crippen molar-refractivity contribution >= 4 is 27.5 Å². The first-order valence-electron chi connectivity index (χ1n) is 8.03. The molecule has 1 aliphatic heterocycles. The summed E-state index contributed by atoms with van der Waals surface area (Å²) < 4.78 is 1.24. The fourth-order valence-corrected chi connectivity index (χ4v) is 4.02. The fourth-order valence-electron chi connectivity index (χ4n) is 2.98. The van der Waals surface area contributed by atoms with Crippen molar-refractivity contribution in [2.24, 2.45) is 0 Å². The third-order valence-electron chi connectivity index (χ3n) is 4.28. The Hall–Kier alpha value is -2.38. The highest BCUT2D eigenvalue weighted by atomic mass is 32.1. The SMILES string of the molecule is O=C(c1cnccn1)N1CC[NH+](Cc2nc3ccccc3s2)CC1. The van der Waals surface area contributed by atoms with Crippen LogP contribution in [0.1, 0.15) is 15.5 Å². The largest absolute Gasteiger partial charge is 0.326 e. The van der Waals surface area contributed by atoms with Crippen molar-refractivity contribution in [3.8, 4) is 0 Å². The Balaban J connectivity index is 1.37. The average molecular weight is 340 g/mol. The lowest BCUT2D eigenvalue weighted by Crippen LogP contribution is -3.13. The van der Waals surface area contributed by atoms with Gasteiger partial charge in [-0.25, -0.2) is 9.97 Å². The van der Waals surface area contributed by atoms with Gasteiger partial charge in [-0.05, 0) is 12.1 Å². The summed E-state index contributed by atoms with van der Waals surface area (Å²) in [6.07, 6.45) is 4.67. The highest BCUT2D eigenvalue weighted by Crippen LogP contribution is 2.20. The van der Waals surface area contributed by atoms with Crippen molar-refractivity contribution in [2.75, 3.05) is 26.2 Å². The van der Waals surface area contributed by atoms with Crippen molar-refractivity contribution in [2.45, 2.75) is 6.54 Å². The maximum Gasteiger partial charge on any atom is 0.274 e. The van der Waals surface area contributed by atoms with E-state index >= 15 is 0 Å². The van der Waals surface area contributed by atoms with Gasteiger partial charge in [0.15, 0.2) is 0 Å². The zero-order valence-corrected chi connectivity index (χ0v) is 14.0. The van der Waals surface area contributed by atoms with Crippen LogP contribution in [-0.4, -0.2) is 51.9 Å². The molecule has 24 heavy (non-hydrogen) atoms. The van der Waals surface area contributed by atoms with Gasteiger partial charge >= 0.3 is 0 Å². The molecule has 0 saturated carbocycles. The van der Waals surface area contributed by atoms with Crippen LogP contribution in [0.25, 0.3) is 10.2 Å². The number of carbonyl (C=O) groups excluding carboxylic acids is 1. The van der Waals surface area contributed by atoms with Gasteiger partial charge in [0.1, 0.15) is 17.2 Å². The van der Waals surface area contributed by atoms with Gasteiger partial charge in [0.05, 0.1) is 42.6 Å². The van der Waals surface area contributed by atoms with Crippen LogP contribution >= 0.6 is 11.3 Å². The van der Waals surface area contributed by atoms with Crippen LogP contribution in [0, 0.1) is 0 Å². The maximum atomic E-state index is 12.4. The third-order valence-corrected chi connectivity index (χ3v) is 5.32. The number of hydrogen-bond donors (Lipinski definition) is 1. The molecule has 122 valence electrons. The Bertz CT molecular complexity index is 809. The van der Waals surface area contributed by atoms with Gasteiger partial charge in [0, 0.05) is 12.4 Å².